The van der Waals surface area contributed by atoms with Crippen molar-refractivity contribution in [2.24, 2.45) is 0 Å². The lowest BCUT2D eigenvalue weighted by molar-refractivity contribution is 0.307. The Hall–Kier alpha value is -2.77. The highest BCUT2D eigenvalue weighted by Crippen LogP contribution is 2.18. The maximum absolute atomic E-state index is 12.0. The van der Waals surface area contributed by atoms with E-state index in [1.54, 1.807) is 18.2 Å². The van der Waals surface area contributed by atoms with Gasteiger partial charge >= 0.3 is 0 Å². The molecule has 3 rings (SSSR count). The maximum atomic E-state index is 12.0. The highest BCUT2D eigenvalue weighted by molar-refractivity contribution is 7.88. The fraction of sp³-hybridized carbons (Fsp3) is 0.200. The summed E-state index contributed by atoms with van der Waals surface area (Å²) in [7, 11) is -3.40. The molecular weight excluding hydrogens is 362 g/mol. The molecule has 0 saturated carbocycles. The topological polar surface area (TPSA) is 81.2 Å². The summed E-state index contributed by atoms with van der Waals surface area (Å²) in [6, 6.07) is 20.6. The van der Waals surface area contributed by atoms with Crippen molar-refractivity contribution in [3.05, 3.63) is 77.9 Å². The highest BCUT2D eigenvalue weighted by Gasteiger charge is 2.10. The molecule has 0 aliphatic carbocycles. The van der Waals surface area contributed by atoms with E-state index >= 15 is 0 Å². The number of hydrogen-bond acceptors (Lipinski definition) is 5. The lowest BCUT2D eigenvalue weighted by atomic mass is 10.1. The number of benzene rings is 2. The van der Waals surface area contributed by atoms with E-state index in [0.717, 1.165) is 16.8 Å². The molecule has 1 N–H and O–H groups in total. The Bertz CT molecular complexity index is 958. The van der Waals surface area contributed by atoms with Crippen LogP contribution in [0, 0.1) is 6.92 Å². The number of sulfonamides is 1. The van der Waals surface area contributed by atoms with Gasteiger partial charge in [-0.3, -0.25) is 0 Å². The van der Waals surface area contributed by atoms with E-state index in [9.17, 15) is 8.42 Å². The van der Waals surface area contributed by atoms with Crippen molar-refractivity contribution >= 4 is 10.0 Å². The van der Waals surface area contributed by atoms with Crippen molar-refractivity contribution < 1.29 is 13.2 Å². The Kier molecular flexibility index (Phi) is 6.16. The van der Waals surface area contributed by atoms with Gasteiger partial charge in [-0.2, -0.15) is 0 Å². The largest absolute Gasteiger partial charge is 0.475 e. The fourth-order valence-corrected chi connectivity index (χ4v) is 3.60. The Morgan fingerprint density at radius 2 is 1.67 bits per heavy atom. The molecule has 7 heteroatoms. The van der Waals surface area contributed by atoms with Crippen molar-refractivity contribution in [3.63, 3.8) is 0 Å². The van der Waals surface area contributed by atoms with Crippen LogP contribution in [0.3, 0.4) is 0 Å². The molecule has 27 heavy (non-hydrogen) atoms. The van der Waals surface area contributed by atoms with E-state index in [4.69, 9.17) is 4.74 Å². The molecule has 1 aromatic heterocycles. The Balaban J connectivity index is 1.47. The molecule has 0 amide bonds. The number of ether oxygens (including phenoxy) is 1. The molecule has 0 bridgehead atoms. The van der Waals surface area contributed by atoms with E-state index in [2.05, 4.69) is 14.9 Å². The average Bonchev–Trinajstić information content (AvgIpc) is 2.67. The van der Waals surface area contributed by atoms with Gasteiger partial charge in [0, 0.05) is 18.2 Å². The van der Waals surface area contributed by atoms with E-state index in [-0.39, 0.29) is 18.9 Å². The minimum Gasteiger partial charge on any atom is -0.475 e. The molecule has 0 unspecified atom stereocenters. The molecule has 0 fully saturated rings. The third-order valence-electron chi connectivity index (χ3n) is 3.86. The van der Waals surface area contributed by atoms with Gasteiger partial charge < -0.3 is 4.74 Å². The molecule has 1 heterocycles. The van der Waals surface area contributed by atoms with Crippen LogP contribution in [0.15, 0.2) is 66.7 Å². The smallest absolute Gasteiger partial charge is 0.233 e. The summed E-state index contributed by atoms with van der Waals surface area (Å²) in [6.45, 7) is 2.36. The zero-order chi connectivity index (χ0) is 19.1. The number of aryl methyl sites for hydroxylation is 1. The second kappa shape index (κ2) is 8.75. The quantitative estimate of drug-likeness (QED) is 0.605. The number of nitrogens with one attached hydrogen (secondary N) is 1. The van der Waals surface area contributed by atoms with E-state index in [0.29, 0.717) is 5.88 Å². The third-order valence-corrected chi connectivity index (χ3v) is 5.22. The first-order valence-electron chi connectivity index (χ1n) is 8.57. The molecule has 0 aliphatic heterocycles. The van der Waals surface area contributed by atoms with E-state index in [1.807, 2.05) is 55.5 Å². The molecule has 6 nitrogen and oxygen atoms in total. The van der Waals surface area contributed by atoms with Crippen LogP contribution < -0.4 is 9.46 Å². The normalized spacial score (nSPS) is 11.3. The summed E-state index contributed by atoms with van der Waals surface area (Å²) in [5, 5.41) is 8.18. The number of aromatic nitrogens is 2. The lowest BCUT2D eigenvalue weighted by Crippen LogP contribution is -2.29. The van der Waals surface area contributed by atoms with Gasteiger partial charge in [-0.15, -0.1) is 10.2 Å². The van der Waals surface area contributed by atoms with Crippen molar-refractivity contribution in [2.75, 3.05) is 13.2 Å². The van der Waals surface area contributed by atoms with Gasteiger partial charge in [0.05, 0.1) is 11.4 Å². The van der Waals surface area contributed by atoms with Gasteiger partial charge in [0.1, 0.15) is 6.61 Å². The summed E-state index contributed by atoms with van der Waals surface area (Å²) in [4.78, 5) is 0. The molecular formula is C20H21N3O3S. The predicted octanol–water partition coefficient (Wildman–Crippen LogP) is 2.95. The molecule has 2 aromatic carbocycles. The summed E-state index contributed by atoms with van der Waals surface area (Å²) in [6.07, 6.45) is 0. The Morgan fingerprint density at radius 1 is 0.926 bits per heavy atom. The number of rotatable bonds is 8. The van der Waals surface area contributed by atoms with Gasteiger partial charge in [-0.1, -0.05) is 60.2 Å². The first kappa shape index (κ1) is 19.0. The summed E-state index contributed by atoms with van der Waals surface area (Å²) in [5.41, 5.74) is 3.66. The van der Waals surface area contributed by atoms with Crippen LogP contribution in [-0.2, 0) is 15.8 Å². The van der Waals surface area contributed by atoms with Crippen molar-refractivity contribution in [3.8, 4) is 17.1 Å². The monoisotopic (exact) mass is 383 g/mol. The predicted molar refractivity (Wildman–Crippen MR) is 105 cm³/mol. The molecule has 3 aromatic rings. The zero-order valence-electron chi connectivity index (χ0n) is 15.0. The zero-order valence-corrected chi connectivity index (χ0v) is 15.8. The van der Waals surface area contributed by atoms with Gasteiger partial charge in [0.25, 0.3) is 0 Å². The van der Waals surface area contributed by atoms with E-state index in [1.165, 1.54) is 5.56 Å². The minimum absolute atomic E-state index is 0.0567. The van der Waals surface area contributed by atoms with Crippen LogP contribution in [-0.4, -0.2) is 31.8 Å². The molecule has 0 saturated heterocycles. The SMILES string of the molecule is Cc1ccc(-c2ccc(OCCNS(=O)(=O)Cc3ccccc3)nn2)cc1. The van der Waals surface area contributed by atoms with Gasteiger partial charge in [0.2, 0.25) is 15.9 Å². The first-order chi connectivity index (χ1) is 13.0. The molecule has 0 spiro atoms. The van der Waals surface area contributed by atoms with Crippen molar-refractivity contribution in [1.82, 2.24) is 14.9 Å². The van der Waals surface area contributed by atoms with Crippen LogP contribution in [0.5, 0.6) is 5.88 Å². The third kappa shape index (κ3) is 5.87. The standard InChI is InChI=1S/C20H21N3O3S/c1-16-7-9-18(10-8-16)19-11-12-20(23-22-19)26-14-13-21-27(24,25)15-17-5-3-2-4-6-17/h2-12,21H,13-15H2,1H3. The van der Waals surface area contributed by atoms with Gasteiger partial charge in [-0.25, -0.2) is 13.1 Å². The van der Waals surface area contributed by atoms with Crippen molar-refractivity contribution in [2.45, 2.75) is 12.7 Å². The maximum Gasteiger partial charge on any atom is 0.233 e. The second-order valence-electron chi connectivity index (χ2n) is 6.11. The van der Waals surface area contributed by atoms with Crippen molar-refractivity contribution in [1.29, 1.82) is 0 Å². The lowest BCUT2D eigenvalue weighted by Gasteiger charge is -2.08. The van der Waals surface area contributed by atoms with Gasteiger partial charge in [0.15, 0.2) is 0 Å². The molecule has 140 valence electrons. The molecule has 0 atom stereocenters. The summed E-state index contributed by atoms with van der Waals surface area (Å²) in [5.74, 6) is 0.298. The van der Waals surface area contributed by atoms with Crippen LogP contribution in [0.1, 0.15) is 11.1 Å². The molecule has 0 aliphatic rings. The first-order valence-corrected chi connectivity index (χ1v) is 10.2. The number of nitrogens with zero attached hydrogens (tertiary/aromatic N) is 2. The highest BCUT2D eigenvalue weighted by atomic mass is 32.2. The summed E-state index contributed by atoms with van der Waals surface area (Å²) < 4.78 is 32.1. The van der Waals surface area contributed by atoms with Crippen LogP contribution in [0.2, 0.25) is 0 Å². The van der Waals surface area contributed by atoms with E-state index < -0.39 is 10.0 Å². The summed E-state index contributed by atoms with van der Waals surface area (Å²) >= 11 is 0. The minimum atomic E-state index is -3.40. The van der Waals surface area contributed by atoms with Crippen LogP contribution >= 0.6 is 0 Å². The Morgan fingerprint density at radius 3 is 2.33 bits per heavy atom. The van der Waals surface area contributed by atoms with Crippen LogP contribution in [0.4, 0.5) is 0 Å². The second-order valence-corrected chi connectivity index (χ2v) is 7.92. The number of hydrogen-bond donors (Lipinski definition) is 1. The van der Waals surface area contributed by atoms with Gasteiger partial charge in [-0.05, 0) is 18.6 Å². The Labute approximate surface area is 159 Å². The van der Waals surface area contributed by atoms with Crippen LogP contribution in [0.25, 0.3) is 11.3 Å². The molecule has 0 radical (unpaired) electrons. The average molecular weight is 383 g/mol. The fourth-order valence-electron chi connectivity index (χ4n) is 2.47.